The van der Waals surface area contributed by atoms with Gasteiger partial charge in [-0.05, 0) is 43.4 Å². The highest BCUT2D eigenvalue weighted by atomic mass is 16.5. The summed E-state index contributed by atoms with van der Waals surface area (Å²) in [5.41, 5.74) is 0. The molecule has 0 aromatic rings. The largest absolute Gasteiger partial charge is 0.393 e. The quantitative estimate of drug-likeness (QED) is 0.694. The van der Waals surface area contributed by atoms with Gasteiger partial charge >= 0.3 is 0 Å². The average Bonchev–Trinajstić information content (AvgIpc) is 2.79. The van der Waals surface area contributed by atoms with Gasteiger partial charge < -0.3 is 9.84 Å². The number of rotatable bonds is 3. The smallest absolute Gasteiger partial charge is 0.0574 e. The van der Waals surface area contributed by atoms with Gasteiger partial charge in [-0.2, -0.15) is 0 Å². The van der Waals surface area contributed by atoms with Crippen molar-refractivity contribution >= 4 is 0 Å². The van der Waals surface area contributed by atoms with Crippen molar-refractivity contribution in [3.05, 3.63) is 0 Å². The van der Waals surface area contributed by atoms with Crippen LogP contribution in [0.1, 0.15) is 25.7 Å². The zero-order valence-electron chi connectivity index (χ0n) is 7.70. The molecule has 3 atom stereocenters. The fourth-order valence-corrected chi connectivity index (χ4v) is 2.56. The fraction of sp³-hybridized carbons (Fsp3) is 1.00. The summed E-state index contributed by atoms with van der Waals surface area (Å²) in [5, 5.41) is 9.74. The Bertz CT molecular complexity index is 154. The van der Waals surface area contributed by atoms with Crippen LogP contribution in [0.15, 0.2) is 0 Å². The molecule has 70 valence electrons. The topological polar surface area (TPSA) is 29.5 Å². The summed E-state index contributed by atoms with van der Waals surface area (Å²) in [5.74, 6) is 2.07. The van der Waals surface area contributed by atoms with E-state index in [4.69, 9.17) is 4.74 Å². The molecule has 0 saturated heterocycles. The molecule has 3 unspecified atom stereocenters. The molecule has 0 spiro atoms. The number of aliphatic hydroxyl groups is 1. The van der Waals surface area contributed by atoms with E-state index in [1.165, 1.54) is 19.3 Å². The molecule has 0 bridgehead atoms. The van der Waals surface area contributed by atoms with Gasteiger partial charge in [-0.3, -0.25) is 0 Å². The molecule has 2 rings (SSSR count). The van der Waals surface area contributed by atoms with Crippen molar-refractivity contribution in [2.45, 2.75) is 31.8 Å². The summed E-state index contributed by atoms with van der Waals surface area (Å²) in [6, 6.07) is 0. The number of methoxy groups -OCH3 is 1. The Labute approximate surface area is 73.9 Å². The van der Waals surface area contributed by atoms with E-state index >= 15 is 0 Å². The Morgan fingerprint density at radius 3 is 2.67 bits per heavy atom. The minimum absolute atomic E-state index is 0.0300. The molecule has 12 heavy (non-hydrogen) atoms. The third-order valence-electron chi connectivity index (χ3n) is 3.30. The first-order valence-corrected chi connectivity index (χ1v) is 4.98. The first-order valence-electron chi connectivity index (χ1n) is 4.98. The second kappa shape index (κ2) is 3.35. The predicted octanol–water partition coefficient (Wildman–Crippen LogP) is 1.43. The highest BCUT2D eigenvalue weighted by Crippen LogP contribution is 2.46. The van der Waals surface area contributed by atoms with Gasteiger partial charge in [-0.1, -0.05) is 0 Å². The van der Waals surface area contributed by atoms with E-state index in [9.17, 15) is 5.11 Å². The Morgan fingerprint density at radius 1 is 1.33 bits per heavy atom. The van der Waals surface area contributed by atoms with E-state index in [1.54, 1.807) is 7.11 Å². The third kappa shape index (κ3) is 1.64. The van der Waals surface area contributed by atoms with Crippen molar-refractivity contribution in [1.82, 2.24) is 0 Å². The van der Waals surface area contributed by atoms with Crippen molar-refractivity contribution < 1.29 is 9.84 Å². The molecule has 0 radical (unpaired) electrons. The van der Waals surface area contributed by atoms with Gasteiger partial charge in [0.25, 0.3) is 0 Å². The number of aliphatic hydroxyl groups excluding tert-OH is 1. The van der Waals surface area contributed by atoms with Gasteiger partial charge in [0, 0.05) is 13.7 Å². The highest BCUT2D eigenvalue weighted by molar-refractivity contribution is 4.92. The molecule has 0 amide bonds. The molecule has 0 aliphatic heterocycles. The van der Waals surface area contributed by atoms with E-state index in [0.717, 1.165) is 18.9 Å². The van der Waals surface area contributed by atoms with Gasteiger partial charge in [-0.15, -0.1) is 0 Å². The third-order valence-corrected chi connectivity index (χ3v) is 3.30. The second-order valence-electron chi connectivity index (χ2n) is 4.36. The van der Waals surface area contributed by atoms with Gasteiger partial charge in [0.15, 0.2) is 0 Å². The summed E-state index contributed by atoms with van der Waals surface area (Å²) < 4.78 is 5.11. The minimum Gasteiger partial charge on any atom is -0.393 e. The van der Waals surface area contributed by atoms with Crippen LogP contribution in [0.4, 0.5) is 0 Å². The van der Waals surface area contributed by atoms with Crippen molar-refractivity contribution in [2.24, 2.45) is 17.8 Å². The van der Waals surface area contributed by atoms with Gasteiger partial charge in [0.05, 0.1) is 6.10 Å². The van der Waals surface area contributed by atoms with Crippen molar-refractivity contribution in [3.63, 3.8) is 0 Å². The summed E-state index contributed by atoms with van der Waals surface area (Å²) in [6.07, 6.45) is 4.83. The molecule has 0 heterocycles. The lowest BCUT2D eigenvalue weighted by Crippen LogP contribution is -2.14. The molecule has 2 aliphatic rings. The summed E-state index contributed by atoms with van der Waals surface area (Å²) >= 11 is 0. The van der Waals surface area contributed by atoms with Gasteiger partial charge in [0.2, 0.25) is 0 Å². The van der Waals surface area contributed by atoms with Crippen molar-refractivity contribution in [3.8, 4) is 0 Å². The van der Waals surface area contributed by atoms with Crippen LogP contribution in [0.2, 0.25) is 0 Å². The zero-order chi connectivity index (χ0) is 8.55. The molecule has 2 saturated carbocycles. The van der Waals surface area contributed by atoms with Crippen molar-refractivity contribution in [2.75, 3.05) is 13.7 Å². The van der Waals surface area contributed by atoms with Crippen LogP contribution < -0.4 is 0 Å². The van der Waals surface area contributed by atoms with Gasteiger partial charge in [-0.25, -0.2) is 0 Å². The summed E-state index contributed by atoms with van der Waals surface area (Å²) in [7, 11) is 1.75. The number of ether oxygens (including phenoxy) is 1. The van der Waals surface area contributed by atoms with Crippen molar-refractivity contribution in [1.29, 1.82) is 0 Å². The number of hydrogen-bond acceptors (Lipinski definition) is 2. The minimum atomic E-state index is -0.0300. The maximum atomic E-state index is 9.74. The van der Waals surface area contributed by atoms with Crippen LogP contribution >= 0.6 is 0 Å². The van der Waals surface area contributed by atoms with E-state index in [1.807, 2.05) is 0 Å². The molecule has 2 aliphatic carbocycles. The van der Waals surface area contributed by atoms with Crippen LogP contribution in [0.25, 0.3) is 0 Å². The normalized spacial score (nSPS) is 42.0. The van der Waals surface area contributed by atoms with Crippen LogP contribution in [0.3, 0.4) is 0 Å². The Balaban J connectivity index is 1.84. The lowest BCUT2D eigenvalue weighted by molar-refractivity contribution is 0.114. The van der Waals surface area contributed by atoms with Crippen LogP contribution in [0.5, 0.6) is 0 Å². The maximum Gasteiger partial charge on any atom is 0.0574 e. The Kier molecular flexibility index (Phi) is 2.37. The lowest BCUT2D eigenvalue weighted by Gasteiger charge is -2.11. The van der Waals surface area contributed by atoms with Crippen LogP contribution in [0, 0.1) is 17.8 Å². The molecular formula is C10H18O2. The molecule has 2 heteroatoms. The first kappa shape index (κ1) is 8.52. The van der Waals surface area contributed by atoms with E-state index in [2.05, 4.69) is 0 Å². The zero-order valence-corrected chi connectivity index (χ0v) is 7.70. The average molecular weight is 170 g/mol. The summed E-state index contributed by atoms with van der Waals surface area (Å²) in [6.45, 7) is 0.834. The molecule has 0 aromatic heterocycles. The standard InChI is InChI=1S/C10H18O2/c1-12-6-7-4-9(8-2-3-8)10(11)5-7/h7-11H,2-6H2,1H3. The van der Waals surface area contributed by atoms with Crippen LogP contribution in [-0.4, -0.2) is 24.9 Å². The summed E-state index contributed by atoms with van der Waals surface area (Å²) in [4.78, 5) is 0. The van der Waals surface area contributed by atoms with Gasteiger partial charge in [0.1, 0.15) is 0 Å². The fourth-order valence-electron chi connectivity index (χ4n) is 2.56. The second-order valence-corrected chi connectivity index (χ2v) is 4.36. The monoisotopic (exact) mass is 170 g/mol. The molecular weight excluding hydrogens is 152 g/mol. The first-order chi connectivity index (χ1) is 5.81. The molecule has 2 fully saturated rings. The Morgan fingerprint density at radius 2 is 2.08 bits per heavy atom. The molecule has 1 N–H and O–H groups in total. The highest BCUT2D eigenvalue weighted by Gasteiger charge is 2.42. The molecule has 2 nitrogen and oxygen atoms in total. The van der Waals surface area contributed by atoms with Crippen LogP contribution in [-0.2, 0) is 4.74 Å². The van der Waals surface area contributed by atoms with E-state index < -0.39 is 0 Å². The SMILES string of the molecule is COCC1CC(O)C(C2CC2)C1. The van der Waals surface area contributed by atoms with E-state index in [0.29, 0.717) is 11.8 Å². The number of hydrogen-bond donors (Lipinski definition) is 1. The predicted molar refractivity (Wildman–Crippen MR) is 46.8 cm³/mol. The maximum absolute atomic E-state index is 9.74. The lowest BCUT2D eigenvalue weighted by atomic mass is 9.99. The van der Waals surface area contributed by atoms with E-state index in [-0.39, 0.29) is 6.10 Å². The molecule has 0 aromatic carbocycles. The Hall–Kier alpha value is -0.0800.